The summed E-state index contributed by atoms with van der Waals surface area (Å²) < 4.78 is 16.2. The Morgan fingerprint density at radius 2 is 1.69 bits per heavy atom. The van der Waals surface area contributed by atoms with Gasteiger partial charge in [0.2, 0.25) is 0 Å². The maximum absolute atomic E-state index is 13.1. The van der Waals surface area contributed by atoms with Gasteiger partial charge in [-0.15, -0.1) is 0 Å². The molecule has 0 aliphatic carbocycles. The van der Waals surface area contributed by atoms with Gasteiger partial charge in [-0.2, -0.15) is 5.26 Å². The zero-order valence-electron chi connectivity index (χ0n) is 17.2. The standard InChI is InChI=1S/C24H18N2O6/c1-30-16-5-3-6-17(31-2)19(16)22(27)20-21(18-7-4-12-32-18)26(24(29)23(20)28)15-10-8-14(13-25)9-11-15/h3-12,21,27H,1-2H3/b22-20+. The number of hydrogen-bond acceptors (Lipinski definition) is 7. The molecule has 1 aliphatic rings. The third-order valence-electron chi connectivity index (χ3n) is 5.20. The zero-order valence-corrected chi connectivity index (χ0v) is 17.2. The number of nitriles is 1. The van der Waals surface area contributed by atoms with Crippen LogP contribution in [0.3, 0.4) is 0 Å². The fraction of sp³-hybridized carbons (Fsp3) is 0.125. The Morgan fingerprint density at radius 1 is 1.03 bits per heavy atom. The van der Waals surface area contributed by atoms with Crippen LogP contribution in [-0.2, 0) is 9.59 Å². The number of aliphatic hydroxyl groups is 1. The Hall–Kier alpha value is -4.51. The van der Waals surface area contributed by atoms with Crippen LogP contribution in [0.1, 0.15) is 22.9 Å². The van der Waals surface area contributed by atoms with E-state index in [1.54, 1.807) is 42.5 Å². The highest BCUT2D eigenvalue weighted by atomic mass is 16.5. The van der Waals surface area contributed by atoms with Gasteiger partial charge in [-0.1, -0.05) is 6.07 Å². The van der Waals surface area contributed by atoms with E-state index in [0.29, 0.717) is 11.3 Å². The van der Waals surface area contributed by atoms with Gasteiger partial charge in [0, 0.05) is 5.69 Å². The number of amides is 1. The van der Waals surface area contributed by atoms with Crippen molar-refractivity contribution in [3.8, 4) is 17.6 Å². The van der Waals surface area contributed by atoms with Gasteiger partial charge in [0.1, 0.15) is 34.6 Å². The number of aliphatic hydroxyl groups excluding tert-OH is 1. The van der Waals surface area contributed by atoms with Crippen molar-refractivity contribution in [2.24, 2.45) is 0 Å². The van der Waals surface area contributed by atoms with Gasteiger partial charge < -0.3 is 19.0 Å². The maximum Gasteiger partial charge on any atom is 0.300 e. The van der Waals surface area contributed by atoms with E-state index >= 15 is 0 Å². The van der Waals surface area contributed by atoms with Crippen molar-refractivity contribution in [2.45, 2.75) is 6.04 Å². The summed E-state index contributed by atoms with van der Waals surface area (Å²) in [6.45, 7) is 0. The summed E-state index contributed by atoms with van der Waals surface area (Å²) in [6.07, 6.45) is 1.41. The molecule has 1 amide bonds. The zero-order chi connectivity index (χ0) is 22.8. The molecule has 2 aromatic carbocycles. The lowest BCUT2D eigenvalue weighted by Gasteiger charge is -2.23. The molecule has 1 atom stereocenters. The largest absolute Gasteiger partial charge is 0.506 e. The fourth-order valence-electron chi connectivity index (χ4n) is 3.73. The van der Waals surface area contributed by atoms with E-state index in [2.05, 4.69) is 0 Å². The molecule has 0 spiro atoms. The molecule has 0 radical (unpaired) electrons. The average molecular weight is 430 g/mol. The first-order valence-electron chi connectivity index (χ1n) is 9.57. The third kappa shape index (κ3) is 3.26. The summed E-state index contributed by atoms with van der Waals surface area (Å²) in [5, 5.41) is 20.3. The topological polar surface area (TPSA) is 113 Å². The first-order valence-corrected chi connectivity index (χ1v) is 9.57. The van der Waals surface area contributed by atoms with Crippen LogP contribution >= 0.6 is 0 Å². The SMILES string of the molecule is COc1cccc(OC)c1/C(O)=C1\C(=O)C(=O)N(c2ccc(C#N)cc2)C1c1ccco1. The number of furan rings is 1. The minimum Gasteiger partial charge on any atom is -0.506 e. The van der Waals surface area contributed by atoms with Gasteiger partial charge in [0.25, 0.3) is 11.7 Å². The summed E-state index contributed by atoms with van der Waals surface area (Å²) >= 11 is 0. The van der Waals surface area contributed by atoms with Crippen LogP contribution < -0.4 is 14.4 Å². The lowest BCUT2D eigenvalue weighted by molar-refractivity contribution is -0.132. The molecule has 1 saturated heterocycles. The van der Waals surface area contributed by atoms with Crippen LogP contribution in [0, 0.1) is 11.3 Å². The summed E-state index contributed by atoms with van der Waals surface area (Å²) in [4.78, 5) is 27.5. The number of ether oxygens (including phenoxy) is 2. The molecular formula is C24H18N2O6. The predicted molar refractivity (Wildman–Crippen MR) is 114 cm³/mol. The molecule has 0 saturated carbocycles. The Balaban J connectivity index is 1.97. The Morgan fingerprint density at radius 3 is 2.22 bits per heavy atom. The first kappa shape index (κ1) is 20.8. The van der Waals surface area contributed by atoms with Crippen LogP contribution in [0.5, 0.6) is 11.5 Å². The van der Waals surface area contributed by atoms with Crippen LogP contribution in [0.15, 0.2) is 70.9 Å². The number of Topliss-reactive ketones (excluding diaryl/α,β-unsaturated/α-hetero) is 1. The van der Waals surface area contributed by atoms with Crippen molar-refractivity contribution >= 4 is 23.1 Å². The lowest BCUT2D eigenvalue weighted by atomic mass is 9.98. The minimum absolute atomic E-state index is 0.145. The van der Waals surface area contributed by atoms with Crippen molar-refractivity contribution in [2.75, 3.05) is 19.1 Å². The van der Waals surface area contributed by atoms with E-state index in [0.717, 1.165) is 0 Å². The lowest BCUT2D eigenvalue weighted by Crippen LogP contribution is -2.29. The van der Waals surface area contributed by atoms with E-state index < -0.39 is 23.5 Å². The van der Waals surface area contributed by atoms with Crippen molar-refractivity contribution in [1.29, 1.82) is 5.26 Å². The highest BCUT2D eigenvalue weighted by Gasteiger charge is 2.48. The molecule has 8 nitrogen and oxygen atoms in total. The molecule has 160 valence electrons. The molecule has 3 aromatic rings. The monoisotopic (exact) mass is 430 g/mol. The third-order valence-corrected chi connectivity index (χ3v) is 5.20. The Bertz CT molecular complexity index is 1230. The van der Waals surface area contributed by atoms with E-state index in [1.165, 1.54) is 37.5 Å². The van der Waals surface area contributed by atoms with Gasteiger partial charge >= 0.3 is 0 Å². The van der Waals surface area contributed by atoms with E-state index in [9.17, 15) is 14.7 Å². The normalized spacial score (nSPS) is 17.3. The van der Waals surface area contributed by atoms with E-state index in [4.69, 9.17) is 19.2 Å². The Labute approximate surface area is 183 Å². The molecule has 1 N–H and O–H groups in total. The minimum atomic E-state index is -1.03. The number of carbonyl (C=O) groups excluding carboxylic acids is 2. The smallest absolute Gasteiger partial charge is 0.300 e. The summed E-state index contributed by atoms with van der Waals surface area (Å²) in [5.74, 6) is -1.36. The van der Waals surface area contributed by atoms with Crippen LogP contribution in [0.25, 0.3) is 5.76 Å². The van der Waals surface area contributed by atoms with Crippen molar-refractivity contribution in [1.82, 2.24) is 0 Å². The molecule has 1 aromatic heterocycles. The highest BCUT2D eigenvalue weighted by molar-refractivity contribution is 6.51. The highest BCUT2D eigenvalue weighted by Crippen LogP contribution is 2.45. The molecule has 0 bridgehead atoms. The molecular weight excluding hydrogens is 412 g/mol. The number of rotatable bonds is 5. The number of anilines is 1. The number of ketones is 1. The predicted octanol–water partition coefficient (Wildman–Crippen LogP) is 3.79. The first-order chi connectivity index (χ1) is 15.5. The molecule has 1 fully saturated rings. The summed E-state index contributed by atoms with van der Waals surface area (Å²) in [6, 6.07) is 15.3. The molecule has 32 heavy (non-hydrogen) atoms. The van der Waals surface area contributed by atoms with Crippen LogP contribution in [0.4, 0.5) is 5.69 Å². The second-order valence-electron chi connectivity index (χ2n) is 6.88. The number of benzene rings is 2. The number of methoxy groups -OCH3 is 2. The summed E-state index contributed by atoms with van der Waals surface area (Å²) in [5.41, 5.74) is 0.751. The number of carbonyl (C=O) groups is 2. The van der Waals surface area contributed by atoms with Crippen molar-refractivity contribution in [3.63, 3.8) is 0 Å². The van der Waals surface area contributed by atoms with Gasteiger partial charge in [-0.25, -0.2) is 0 Å². The second kappa shape index (κ2) is 8.32. The van der Waals surface area contributed by atoms with Crippen LogP contribution in [-0.4, -0.2) is 31.0 Å². The van der Waals surface area contributed by atoms with E-state index in [-0.39, 0.29) is 28.4 Å². The van der Waals surface area contributed by atoms with Crippen molar-refractivity contribution in [3.05, 3.63) is 83.3 Å². The molecule has 1 unspecified atom stereocenters. The van der Waals surface area contributed by atoms with Gasteiger partial charge in [-0.05, 0) is 48.5 Å². The summed E-state index contributed by atoms with van der Waals surface area (Å²) in [7, 11) is 2.84. The average Bonchev–Trinajstić information content (AvgIpc) is 3.45. The molecule has 8 heteroatoms. The Kier molecular flexibility index (Phi) is 5.39. The van der Waals surface area contributed by atoms with Gasteiger partial charge in [0.05, 0.1) is 37.7 Å². The molecule has 4 rings (SSSR count). The molecule has 1 aliphatic heterocycles. The van der Waals surface area contributed by atoms with Gasteiger partial charge in [-0.3, -0.25) is 14.5 Å². The molecule has 2 heterocycles. The van der Waals surface area contributed by atoms with Gasteiger partial charge in [0.15, 0.2) is 0 Å². The second-order valence-corrected chi connectivity index (χ2v) is 6.88. The fourth-order valence-corrected chi connectivity index (χ4v) is 3.73. The quantitative estimate of drug-likeness (QED) is 0.372. The van der Waals surface area contributed by atoms with Crippen LogP contribution in [0.2, 0.25) is 0 Å². The van der Waals surface area contributed by atoms with E-state index in [1.807, 2.05) is 6.07 Å². The maximum atomic E-state index is 13.1. The number of nitrogens with zero attached hydrogens (tertiary/aromatic N) is 2. The van der Waals surface area contributed by atoms with Crippen molar-refractivity contribution < 1.29 is 28.6 Å². The number of hydrogen-bond donors (Lipinski definition) is 1.